The molecule has 0 bridgehead atoms. The molecule has 0 aromatic carbocycles. The predicted molar refractivity (Wildman–Crippen MR) is 101 cm³/mol. The van der Waals surface area contributed by atoms with Crippen LogP contribution in [0, 0.1) is 0 Å². The first-order valence-electron chi connectivity index (χ1n) is 9.83. The van der Waals surface area contributed by atoms with E-state index in [9.17, 15) is 0 Å². The first-order chi connectivity index (χ1) is 11.2. The van der Waals surface area contributed by atoms with Gasteiger partial charge in [0.15, 0.2) is 0 Å². The van der Waals surface area contributed by atoms with Crippen LogP contribution in [0.5, 0.6) is 0 Å². The molecular formula is C18H41N5. The Bertz CT molecular complexity index is 264. The van der Waals surface area contributed by atoms with Crippen molar-refractivity contribution >= 4 is 0 Å². The summed E-state index contributed by atoms with van der Waals surface area (Å²) in [6, 6.07) is 0. The second-order valence-electron chi connectivity index (χ2n) is 6.49. The third-order valence-electron chi connectivity index (χ3n) is 5.20. The lowest BCUT2D eigenvalue weighted by Gasteiger charge is -2.31. The SMILES string of the molecule is CCN(CC)CCN(CC)CCN(CC)CCN1CCNCC1. The molecule has 0 atom stereocenters. The molecule has 1 fully saturated rings. The highest BCUT2D eigenvalue weighted by Gasteiger charge is 2.12. The minimum atomic E-state index is 1.15. The van der Waals surface area contributed by atoms with Gasteiger partial charge in [-0.1, -0.05) is 27.7 Å². The van der Waals surface area contributed by atoms with Crippen molar-refractivity contribution in [3.8, 4) is 0 Å². The Kier molecular flexibility index (Phi) is 11.9. The Balaban J connectivity index is 2.21. The van der Waals surface area contributed by atoms with E-state index in [2.05, 4.69) is 52.6 Å². The Morgan fingerprint density at radius 2 is 1.09 bits per heavy atom. The summed E-state index contributed by atoms with van der Waals surface area (Å²) < 4.78 is 0. The lowest BCUT2D eigenvalue weighted by Crippen LogP contribution is -2.47. The summed E-state index contributed by atoms with van der Waals surface area (Å²) in [6.45, 7) is 25.7. The van der Waals surface area contributed by atoms with Crippen LogP contribution in [0.2, 0.25) is 0 Å². The first-order valence-corrected chi connectivity index (χ1v) is 9.83. The molecule has 0 radical (unpaired) electrons. The van der Waals surface area contributed by atoms with Crippen LogP contribution in [0.15, 0.2) is 0 Å². The van der Waals surface area contributed by atoms with Gasteiger partial charge in [0, 0.05) is 65.4 Å². The van der Waals surface area contributed by atoms with Crippen molar-refractivity contribution in [1.29, 1.82) is 0 Å². The molecule has 1 rings (SSSR count). The molecule has 1 aliphatic rings. The molecule has 0 aliphatic carbocycles. The van der Waals surface area contributed by atoms with Crippen LogP contribution in [-0.2, 0) is 0 Å². The highest BCUT2D eigenvalue weighted by Crippen LogP contribution is 1.97. The molecule has 1 N–H and O–H groups in total. The smallest absolute Gasteiger partial charge is 0.0110 e. The van der Waals surface area contributed by atoms with Crippen LogP contribution in [0.3, 0.4) is 0 Å². The third-order valence-corrected chi connectivity index (χ3v) is 5.20. The Morgan fingerprint density at radius 3 is 1.57 bits per heavy atom. The summed E-state index contributed by atoms with van der Waals surface area (Å²) in [5.41, 5.74) is 0. The summed E-state index contributed by atoms with van der Waals surface area (Å²) in [7, 11) is 0. The minimum absolute atomic E-state index is 1.15. The monoisotopic (exact) mass is 327 g/mol. The van der Waals surface area contributed by atoms with Crippen molar-refractivity contribution in [2.24, 2.45) is 0 Å². The van der Waals surface area contributed by atoms with Crippen LogP contribution in [0.4, 0.5) is 0 Å². The van der Waals surface area contributed by atoms with Gasteiger partial charge in [-0.05, 0) is 26.2 Å². The lowest BCUT2D eigenvalue weighted by molar-refractivity contribution is 0.165. The molecule has 0 unspecified atom stereocenters. The van der Waals surface area contributed by atoms with Crippen LogP contribution < -0.4 is 5.32 Å². The number of likely N-dealkylation sites (N-methyl/N-ethyl adjacent to an activating group) is 3. The summed E-state index contributed by atoms with van der Waals surface area (Å²) >= 11 is 0. The van der Waals surface area contributed by atoms with Gasteiger partial charge in [0.2, 0.25) is 0 Å². The van der Waals surface area contributed by atoms with Gasteiger partial charge in [-0.3, -0.25) is 4.90 Å². The lowest BCUT2D eigenvalue weighted by atomic mass is 10.3. The standard InChI is InChI=1S/C18H41N5/c1-5-20(6-2)13-14-21(7-3)15-16-22(8-4)17-18-23-11-9-19-10-12-23/h19H,5-18H2,1-4H3. The van der Waals surface area contributed by atoms with Crippen molar-refractivity contribution in [2.75, 3.05) is 91.6 Å². The zero-order valence-electron chi connectivity index (χ0n) is 16.2. The molecule has 1 aliphatic heterocycles. The van der Waals surface area contributed by atoms with Gasteiger partial charge in [0.05, 0.1) is 0 Å². The second kappa shape index (κ2) is 13.1. The molecule has 5 heteroatoms. The van der Waals surface area contributed by atoms with Gasteiger partial charge < -0.3 is 20.0 Å². The molecule has 1 heterocycles. The fourth-order valence-electron chi connectivity index (χ4n) is 3.18. The third kappa shape index (κ3) is 9.01. The molecule has 0 amide bonds. The normalized spacial score (nSPS) is 16.8. The maximum atomic E-state index is 3.43. The van der Waals surface area contributed by atoms with Gasteiger partial charge in [-0.2, -0.15) is 0 Å². The number of piperazine rings is 1. The number of hydrogen-bond acceptors (Lipinski definition) is 5. The first kappa shape index (κ1) is 20.8. The van der Waals surface area contributed by atoms with Crippen molar-refractivity contribution < 1.29 is 0 Å². The molecule has 0 saturated carbocycles. The zero-order chi connectivity index (χ0) is 16.9. The van der Waals surface area contributed by atoms with E-state index in [-0.39, 0.29) is 0 Å². The van der Waals surface area contributed by atoms with Gasteiger partial charge >= 0.3 is 0 Å². The molecule has 0 aromatic heterocycles. The minimum Gasteiger partial charge on any atom is -0.314 e. The number of nitrogens with one attached hydrogen (secondary N) is 1. The van der Waals surface area contributed by atoms with E-state index in [1.807, 2.05) is 0 Å². The van der Waals surface area contributed by atoms with E-state index in [0.29, 0.717) is 0 Å². The van der Waals surface area contributed by atoms with E-state index >= 15 is 0 Å². The largest absolute Gasteiger partial charge is 0.314 e. The van der Waals surface area contributed by atoms with Gasteiger partial charge in [0.25, 0.3) is 0 Å². The highest BCUT2D eigenvalue weighted by molar-refractivity contribution is 4.70. The summed E-state index contributed by atoms with van der Waals surface area (Å²) in [5.74, 6) is 0. The number of nitrogens with zero attached hydrogens (tertiary/aromatic N) is 4. The Hall–Kier alpha value is -0.200. The molecule has 138 valence electrons. The van der Waals surface area contributed by atoms with Crippen LogP contribution >= 0.6 is 0 Å². The molecular weight excluding hydrogens is 286 g/mol. The number of rotatable bonds is 13. The molecule has 1 saturated heterocycles. The van der Waals surface area contributed by atoms with E-state index in [0.717, 1.165) is 19.6 Å². The van der Waals surface area contributed by atoms with E-state index < -0.39 is 0 Å². The van der Waals surface area contributed by atoms with Crippen LogP contribution in [0.25, 0.3) is 0 Å². The fourth-order valence-corrected chi connectivity index (χ4v) is 3.18. The fraction of sp³-hybridized carbons (Fsp3) is 1.00. The number of hydrogen-bond donors (Lipinski definition) is 1. The topological polar surface area (TPSA) is 25.0 Å². The van der Waals surface area contributed by atoms with Gasteiger partial charge in [0.1, 0.15) is 0 Å². The maximum absolute atomic E-state index is 3.43. The second-order valence-corrected chi connectivity index (χ2v) is 6.49. The van der Waals surface area contributed by atoms with E-state index in [4.69, 9.17) is 0 Å². The Morgan fingerprint density at radius 1 is 0.652 bits per heavy atom. The van der Waals surface area contributed by atoms with Crippen molar-refractivity contribution in [2.45, 2.75) is 27.7 Å². The average Bonchev–Trinajstić information content (AvgIpc) is 2.61. The van der Waals surface area contributed by atoms with E-state index in [1.165, 1.54) is 72.0 Å². The maximum Gasteiger partial charge on any atom is 0.0110 e. The van der Waals surface area contributed by atoms with Gasteiger partial charge in [-0.15, -0.1) is 0 Å². The van der Waals surface area contributed by atoms with Crippen molar-refractivity contribution in [3.63, 3.8) is 0 Å². The summed E-state index contributed by atoms with van der Waals surface area (Å²) in [6.07, 6.45) is 0. The average molecular weight is 328 g/mol. The quantitative estimate of drug-likeness (QED) is 0.541. The Labute approximate surface area is 145 Å². The van der Waals surface area contributed by atoms with E-state index in [1.54, 1.807) is 0 Å². The van der Waals surface area contributed by atoms with Crippen LogP contribution in [-0.4, -0.2) is 111 Å². The summed E-state index contributed by atoms with van der Waals surface area (Å²) in [5, 5.41) is 3.43. The molecule has 23 heavy (non-hydrogen) atoms. The predicted octanol–water partition coefficient (Wildman–Crippen LogP) is 0.877. The van der Waals surface area contributed by atoms with Gasteiger partial charge in [-0.25, -0.2) is 0 Å². The van der Waals surface area contributed by atoms with Crippen molar-refractivity contribution in [1.82, 2.24) is 24.9 Å². The molecule has 0 aromatic rings. The summed E-state index contributed by atoms with van der Waals surface area (Å²) in [4.78, 5) is 10.3. The van der Waals surface area contributed by atoms with Crippen LogP contribution in [0.1, 0.15) is 27.7 Å². The molecule has 0 spiro atoms. The zero-order valence-corrected chi connectivity index (χ0v) is 16.2. The van der Waals surface area contributed by atoms with Crippen molar-refractivity contribution in [3.05, 3.63) is 0 Å². The highest BCUT2D eigenvalue weighted by atomic mass is 15.2. The molecule has 5 nitrogen and oxygen atoms in total.